The third-order valence-corrected chi connectivity index (χ3v) is 4.34. The van der Waals surface area contributed by atoms with E-state index in [4.69, 9.17) is 0 Å². The minimum atomic E-state index is 0. The highest BCUT2D eigenvalue weighted by Gasteiger charge is 2.23. The van der Waals surface area contributed by atoms with Crippen molar-refractivity contribution in [1.29, 1.82) is 0 Å². The first-order valence-electron chi connectivity index (χ1n) is 8.49. The standard InChI is InChI=1S/C18H26N6.HI/c1-19-18(20-10-8-15-12-21-23(2)13-15)22-16-9-11-24(14-16)17-6-4-3-5-7-17;/h3-7,12-13,16H,8-11,14H2,1-2H3,(H2,19,20,22);1H. The van der Waals surface area contributed by atoms with Gasteiger partial charge in [-0.25, -0.2) is 0 Å². The molecule has 136 valence electrons. The molecule has 1 aliphatic heterocycles. The third-order valence-electron chi connectivity index (χ3n) is 4.34. The van der Waals surface area contributed by atoms with Gasteiger partial charge >= 0.3 is 0 Å². The Morgan fingerprint density at radius 3 is 2.80 bits per heavy atom. The van der Waals surface area contributed by atoms with E-state index in [0.717, 1.165) is 38.4 Å². The van der Waals surface area contributed by atoms with Gasteiger partial charge in [0, 0.05) is 51.7 Å². The molecule has 0 amide bonds. The number of nitrogens with one attached hydrogen (secondary N) is 2. The summed E-state index contributed by atoms with van der Waals surface area (Å²) in [6, 6.07) is 11.0. The fourth-order valence-corrected chi connectivity index (χ4v) is 3.07. The van der Waals surface area contributed by atoms with Gasteiger partial charge in [0.25, 0.3) is 0 Å². The quantitative estimate of drug-likeness (QED) is 0.413. The Balaban J connectivity index is 0.00000225. The van der Waals surface area contributed by atoms with Crippen LogP contribution in [-0.2, 0) is 13.5 Å². The van der Waals surface area contributed by atoms with Gasteiger partial charge in [0.1, 0.15) is 0 Å². The van der Waals surface area contributed by atoms with Crippen LogP contribution in [0.15, 0.2) is 47.7 Å². The Labute approximate surface area is 166 Å². The van der Waals surface area contributed by atoms with Gasteiger partial charge in [-0.2, -0.15) is 5.10 Å². The minimum Gasteiger partial charge on any atom is -0.369 e. The topological polar surface area (TPSA) is 57.5 Å². The second kappa shape index (κ2) is 9.65. The van der Waals surface area contributed by atoms with Crippen molar-refractivity contribution in [1.82, 2.24) is 20.4 Å². The number of halogens is 1. The van der Waals surface area contributed by atoms with E-state index in [1.54, 1.807) is 0 Å². The van der Waals surface area contributed by atoms with E-state index in [0.29, 0.717) is 6.04 Å². The Hall–Kier alpha value is -1.77. The molecule has 1 unspecified atom stereocenters. The van der Waals surface area contributed by atoms with E-state index in [2.05, 4.69) is 56.0 Å². The van der Waals surface area contributed by atoms with Gasteiger partial charge in [-0.3, -0.25) is 9.67 Å². The molecular formula is C18H27IN6. The first-order valence-corrected chi connectivity index (χ1v) is 8.49. The molecule has 1 aromatic heterocycles. The van der Waals surface area contributed by atoms with Gasteiger partial charge in [0.05, 0.1) is 6.20 Å². The maximum atomic E-state index is 4.34. The average Bonchev–Trinajstić information content (AvgIpc) is 3.24. The molecule has 1 aliphatic rings. The van der Waals surface area contributed by atoms with E-state index in [1.807, 2.05) is 31.2 Å². The molecule has 3 rings (SSSR count). The van der Waals surface area contributed by atoms with Crippen molar-refractivity contribution in [3.8, 4) is 0 Å². The van der Waals surface area contributed by atoms with Crippen molar-refractivity contribution < 1.29 is 0 Å². The molecule has 0 saturated carbocycles. The van der Waals surface area contributed by atoms with Crippen LogP contribution in [0.5, 0.6) is 0 Å². The van der Waals surface area contributed by atoms with Crippen LogP contribution in [0.3, 0.4) is 0 Å². The second-order valence-electron chi connectivity index (χ2n) is 6.18. The molecule has 0 aliphatic carbocycles. The number of hydrogen-bond acceptors (Lipinski definition) is 3. The zero-order chi connectivity index (χ0) is 16.8. The number of guanidine groups is 1. The maximum absolute atomic E-state index is 4.34. The van der Waals surface area contributed by atoms with Crippen LogP contribution in [0, 0.1) is 0 Å². The van der Waals surface area contributed by atoms with Gasteiger partial charge in [-0.15, -0.1) is 24.0 Å². The summed E-state index contributed by atoms with van der Waals surface area (Å²) in [5.41, 5.74) is 2.53. The van der Waals surface area contributed by atoms with Crippen molar-refractivity contribution in [3.05, 3.63) is 48.3 Å². The van der Waals surface area contributed by atoms with Gasteiger partial charge < -0.3 is 15.5 Å². The number of para-hydroxylation sites is 1. The molecule has 0 bridgehead atoms. The first kappa shape index (κ1) is 19.6. The smallest absolute Gasteiger partial charge is 0.191 e. The molecule has 6 nitrogen and oxygen atoms in total. The summed E-state index contributed by atoms with van der Waals surface area (Å²) < 4.78 is 1.83. The summed E-state index contributed by atoms with van der Waals surface area (Å²) >= 11 is 0. The first-order chi connectivity index (χ1) is 11.7. The lowest BCUT2D eigenvalue weighted by Crippen LogP contribution is -2.45. The lowest BCUT2D eigenvalue weighted by atomic mass is 10.2. The molecule has 7 heteroatoms. The van der Waals surface area contributed by atoms with Crippen molar-refractivity contribution in [2.75, 3.05) is 31.6 Å². The average molecular weight is 454 g/mol. The molecule has 2 aromatic rings. The van der Waals surface area contributed by atoms with Crippen LogP contribution < -0.4 is 15.5 Å². The van der Waals surface area contributed by atoms with Crippen molar-refractivity contribution in [2.24, 2.45) is 12.0 Å². The highest BCUT2D eigenvalue weighted by molar-refractivity contribution is 14.0. The summed E-state index contributed by atoms with van der Waals surface area (Å²) in [5, 5.41) is 11.1. The van der Waals surface area contributed by atoms with Crippen molar-refractivity contribution in [3.63, 3.8) is 0 Å². The van der Waals surface area contributed by atoms with Gasteiger partial charge in [-0.05, 0) is 30.5 Å². The van der Waals surface area contributed by atoms with Gasteiger partial charge in [0.2, 0.25) is 0 Å². The minimum absolute atomic E-state index is 0. The van der Waals surface area contributed by atoms with Crippen LogP contribution in [0.4, 0.5) is 5.69 Å². The van der Waals surface area contributed by atoms with Crippen LogP contribution in [-0.4, -0.2) is 48.5 Å². The van der Waals surface area contributed by atoms with Crippen LogP contribution >= 0.6 is 24.0 Å². The van der Waals surface area contributed by atoms with Gasteiger partial charge in [0.15, 0.2) is 5.96 Å². The molecule has 0 radical (unpaired) electrons. The number of hydrogen-bond donors (Lipinski definition) is 2. The molecule has 1 aromatic carbocycles. The Morgan fingerprint density at radius 2 is 2.12 bits per heavy atom. The molecule has 1 fully saturated rings. The number of aliphatic imine (C=N–C) groups is 1. The predicted octanol–water partition coefficient (Wildman–Crippen LogP) is 2.02. The summed E-state index contributed by atoms with van der Waals surface area (Å²) in [4.78, 5) is 6.76. The lowest BCUT2D eigenvalue weighted by Gasteiger charge is -2.20. The zero-order valence-electron chi connectivity index (χ0n) is 14.9. The van der Waals surface area contributed by atoms with E-state index in [9.17, 15) is 0 Å². The van der Waals surface area contributed by atoms with Crippen LogP contribution in [0.1, 0.15) is 12.0 Å². The monoisotopic (exact) mass is 454 g/mol. The summed E-state index contributed by atoms with van der Waals surface area (Å²) in [7, 11) is 3.76. The van der Waals surface area contributed by atoms with Crippen LogP contribution in [0.2, 0.25) is 0 Å². The van der Waals surface area contributed by atoms with E-state index in [1.165, 1.54) is 11.3 Å². The Morgan fingerprint density at radius 1 is 1.32 bits per heavy atom. The van der Waals surface area contributed by atoms with Gasteiger partial charge in [-0.1, -0.05) is 18.2 Å². The summed E-state index contributed by atoms with van der Waals surface area (Å²) in [6.45, 7) is 2.93. The molecule has 2 N–H and O–H groups in total. The molecule has 25 heavy (non-hydrogen) atoms. The fraction of sp³-hybridized carbons (Fsp3) is 0.444. The number of benzene rings is 1. The lowest BCUT2D eigenvalue weighted by molar-refractivity contribution is 0.648. The molecule has 1 saturated heterocycles. The largest absolute Gasteiger partial charge is 0.369 e. The van der Waals surface area contributed by atoms with Crippen molar-refractivity contribution in [2.45, 2.75) is 18.9 Å². The molecule has 1 atom stereocenters. The van der Waals surface area contributed by atoms with Crippen LogP contribution in [0.25, 0.3) is 0 Å². The number of aromatic nitrogens is 2. The second-order valence-corrected chi connectivity index (χ2v) is 6.18. The fourth-order valence-electron chi connectivity index (χ4n) is 3.07. The third kappa shape index (κ3) is 5.62. The number of rotatable bonds is 5. The van der Waals surface area contributed by atoms with Crippen molar-refractivity contribution >= 4 is 35.6 Å². The number of anilines is 1. The van der Waals surface area contributed by atoms with E-state index in [-0.39, 0.29) is 24.0 Å². The Kier molecular flexibility index (Phi) is 7.54. The SMILES string of the molecule is CN=C(NCCc1cnn(C)c1)NC1CCN(c2ccccc2)C1.I. The molecule has 2 heterocycles. The highest BCUT2D eigenvalue weighted by atomic mass is 127. The highest BCUT2D eigenvalue weighted by Crippen LogP contribution is 2.19. The normalized spacial score (nSPS) is 17.3. The van der Waals surface area contributed by atoms with E-state index >= 15 is 0 Å². The molecular weight excluding hydrogens is 427 g/mol. The maximum Gasteiger partial charge on any atom is 0.191 e. The molecule has 0 spiro atoms. The summed E-state index contributed by atoms with van der Waals surface area (Å²) in [5.74, 6) is 0.874. The number of nitrogens with zero attached hydrogens (tertiary/aromatic N) is 4. The number of aryl methyl sites for hydroxylation is 1. The predicted molar refractivity (Wildman–Crippen MR) is 114 cm³/mol. The van der Waals surface area contributed by atoms with E-state index < -0.39 is 0 Å². The zero-order valence-corrected chi connectivity index (χ0v) is 17.2. The Bertz CT molecular complexity index is 669. The summed E-state index contributed by atoms with van der Waals surface area (Å²) in [6.07, 6.45) is 6.02.